The largest absolute Gasteiger partial charge is 0.325 e. The van der Waals surface area contributed by atoms with Gasteiger partial charge in [0.15, 0.2) is 0 Å². The van der Waals surface area contributed by atoms with Crippen LogP contribution >= 0.6 is 11.3 Å². The highest BCUT2D eigenvalue weighted by atomic mass is 32.1. The number of pyridine rings is 2. The van der Waals surface area contributed by atoms with Crippen molar-refractivity contribution >= 4 is 23.0 Å². The van der Waals surface area contributed by atoms with Gasteiger partial charge in [-0.1, -0.05) is 6.07 Å². The zero-order valence-electron chi connectivity index (χ0n) is 13.6. The molecule has 0 radical (unpaired) electrons. The minimum Gasteiger partial charge on any atom is -0.325 e. The quantitative estimate of drug-likeness (QED) is 0.759. The van der Waals surface area contributed by atoms with Gasteiger partial charge in [0.1, 0.15) is 11.6 Å². The predicted molar refractivity (Wildman–Crippen MR) is 97.2 cm³/mol. The molecule has 5 heteroatoms. The summed E-state index contributed by atoms with van der Waals surface area (Å²) in [5.41, 5.74) is 2.16. The fraction of sp³-hybridized carbons (Fsp3) is 0.222. The first-order valence-electron chi connectivity index (χ1n) is 7.51. The van der Waals surface area contributed by atoms with E-state index < -0.39 is 0 Å². The summed E-state index contributed by atoms with van der Waals surface area (Å²) in [6, 6.07) is 14.3. The number of nitrogens with one attached hydrogen (secondary N) is 1. The topological polar surface area (TPSA) is 41.1 Å². The summed E-state index contributed by atoms with van der Waals surface area (Å²) in [5.74, 6) is 1.62. The second kappa shape index (κ2) is 6.89. The lowest BCUT2D eigenvalue weighted by molar-refractivity contribution is 0.406. The van der Waals surface area contributed by atoms with Crippen molar-refractivity contribution in [2.45, 2.75) is 13.5 Å². The van der Waals surface area contributed by atoms with Gasteiger partial charge in [-0.3, -0.25) is 0 Å². The molecule has 0 aliphatic rings. The molecular weight excluding hydrogens is 304 g/mol. The second-order valence-electron chi connectivity index (χ2n) is 5.76. The number of rotatable bonds is 5. The Bertz CT molecular complexity index is 795. The van der Waals surface area contributed by atoms with Crippen LogP contribution in [-0.2, 0) is 6.54 Å². The molecular formula is C18H20N4S. The van der Waals surface area contributed by atoms with Gasteiger partial charge < -0.3 is 10.2 Å². The maximum Gasteiger partial charge on any atom is 0.132 e. The smallest absolute Gasteiger partial charge is 0.132 e. The van der Waals surface area contributed by atoms with Crippen LogP contribution in [0.4, 0.5) is 11.6 Å². The monoisotopic (exact) mass is 324 g/mol. The highest BCUT2D eigenvalue weighted by Gasteiger charge is 2.06. The molecule has 0 bridgehead atoms. The van der Waals surface area contributed by atoms with Crippen LogP contribution in [-0.4, -0.2) is 29.0 Å². The summed E-state index contributed by atoms with van der Waals surface area (Å²) in [7, 11) is 4.16. The van der Waals surface area contributed by atoms with Crippen molar-refractivity contribution in [2.24, 2.45) is 0 Å². The SMILES string of the molecule is Cc1ccnc(Nc2cccc(-c3ccc(CN(C)C)s3)n2)c1. The summed E-state index contributed by atoms with van der Waals surface area (Å²) in [5, 5.41) is 3.27. The first-order chi connectivity index (χ1) is 11.1. The van der Waals surface area contributed by atoms with E-state index in [1.165, 1.54) is 15.3 Å². The van der Waals surface area contributed by atoms with Crippen molar-refractivity contribution in [2.75, 3.05) is 19.4 Å². The van der Waals surface area contributed by atoms with E-state index in [4.69, 9.17) is 4.98 Å². The van der Waals surface area contributed by atoms with Crippen LogP contribution in [0.15, 0.2) is 48.7 Å². The number of thiophene rings is 1. The van der Waals surface area contributed by atoms with Crippen molar-refractivity contribution in [3.8, 4) is 10.6 Å². The van der Waals surface area contributed by atoms with Crippen LogP contribution in [0, 0.1) is 6.92 Å². The highest BCUT2D eigenvalue weighted by Crippen LogP contribution is 2.28. The molecule has 0 aliphatic carbocycles. The van der Waals surface area contributed by atoms with Crippen LogP contribution in [0.3, 0.4) is 0 Å². The Hall–Kier alpha value is -2.24. The fourth-order valence-corrected chi connectivity index (χ4v) is 3.39. The number of hydrogen-bond donors (Lipinski definition) is 1. The fourth-order valence-electron chi connectivity index (χ4n) is 2.29. The van der Waals surface area contributed by atoms with Crippen LogP contribution < -0.4 is 5.32 Å². The van der Waals surface area contributed by atoms with E-state index in [1.54, 1.807) is 17.5 Å². The number of hydrogen-bond acceptors (Lipinski definition) is 5. The molecule has 0 saturated heterocycles. The molecule has 0 fully saturated rings. The van der Waals surface area contributed by atoms with E-state index in [0.717, 1.165) is 23.9 Å². The maximum atomic E-state index is 4.71. The average Bonchev–Trinajstić information content (AvgIpc) is 2.95. The standard InChI is InChI=1S/C18H20N4S/c1-13-9-10-19-18(11-13)21-17-6-4-5-15(20-17)16-8-7-14(23-16)12-22(2)3/h4-11H,12H2,1-3H3,(H,19,20,21). The Kier molecular flexibility index (Phi) is 4.69. The second-order valence-corrected chi connectivity index (χ2v) is 6.92. The third-order valence-corrected chi connectivity index (χ3v) is 4.40. The van der Waals surface area contributed by atoms with Gasteiger partial charge >= 0.3 is 0 Å². The molecule has 0 saturated carbocycles. The van der Waals surface area contributed by atoms with E-state index in [0.29, 0.717) is 0 Å². The van der Waals surface area contributed by atoms with E-state index in [1.807, 2.05) is 30.3 Å². The first-order valence-corrected chi connectivity index (χ1v) is 8.32. The zero-order chi connectivity index (χ0) is 16.2. The van der Waals surface area contributed by atoms with Gasteiger partial charge in [0, 0.05) is 17.6 Å². The molecule has 0 amide bonds. The molecule has 0 atom stereocenters. The average molecular weight is 324 g/mol. The number of anilines is 2. The van der Waals surface area contributed by atoms with Gasteiger partial charge in [0.2, 0.25) is 0 Å². The van der Waals surface area contributed by atoms with Crippen LogP contribution in [0.1, 0.15) is 10.4 Å². The molecule has 3 aromatic heterocycles. The molecule has 3 aromatic rings. The van der Waals surface area contributed by atoms with E-state index in [9.17, 15) is 0 Å². The molecule has 0 aromatic carbocycles. The molecule has 4 nitrogen and oxygen atoms in total. The van der Waals surface area contributed by atoms with Crippen molar-refractivity contribution in [1.29, 1.82) is 0 Å². The summed E-state index contributed by atoms with van der Waals surface area (Å²) < 4.78 is 0. The van der Waals surface area contributed by atoms with Crippen molar-refractivity contribution in [3.05, 3.63) is 59.1 Å². The Labute approximate surface area is 140 Å². The highest BCUT2D eigenvalue weighted by molar-refractivity contribution is 7.15. The van der Waals surface area contributed by atoms with Crippen LogP contribution in [0.25, 0.3) is 10.6 Å². The summed E-state index contributed by atoms with van der Waals surface area (Å²) >= 11 is 1.78. The molecule has 1 N–H and O–H groups in total. The minimum atomic E-state index is 0.808. The molecule has 0 spiro atoms. The van der Waals surface area contributed by atoms with E-state index in [2.05, 4.69) is 48.4 Å². The van der Waals surface area contributed by atoms with Gasteiger partial charge in [-0.25, -0.2) is 9.97 Å². The van der Waals surface area contributed by atoms with Crippen molar-refractivity contribution in [1.82, 2.24) is 14.9 Å². The molecule has 3 rings (SSSR count). The lowest BCUT2D eigenvalue weighted by Gasteiger charge is -2.07. The minimum absolute atomic E-state index is 0.808. The number of nitrogens with zero attached hydrogens (tertiary/aromatic N) is 3. The van der Waals surface area contributed by atoms with Crippen LogP contribution in [0.5, 0.6) is 0 Å². The lowest BCUT2D eigenvalue weighted by Crippen LogP contribution is -2.09. The van der Waals surface area contributed by atoms with Gasteiger partial charge in [0.25, 0.3) is 0 Å². The molecule has 118 valence electrons. The number of aryl methyl sites for hydroxylation is 1. The van der Waals surface area contributed by atoms with Crippen molar-refractivity contribution < 1.29 is 0 Å². The summed E-state index contributed by atoms with van der Waals surface area (Å²) in [4.78, 5) is 13.7. The Morgan fingerprint density at radius 1 is 1.09 bits per heavy atom. The third kappa shape index (κ3) is 4.15. The first kappa shape index (κ1) is 15.6. The number of aromatic nitrogens is 2. The van der Waals surface area contributed by atoms with Gasteiger partial charge in [0.05, 0.1) is 10.6 Å². The lowest BCUT2D eigenvalue weighted by atomic mass is 10.3. The van der Waals surface area contributed by atoms with Gasteiger partial charge in [-0.15, -0.1) is 11.3 Å². The Morgan fingerprint density at radius 3 is 2.74 bits per heavy atom. The van der Waals surface area contributed by atoms with Gasteiger partial charge in [-0.05, 0) is 63.0 Å². The van der Waals surface area contributed by atoms with E-state index in [-0.39, 0.29) is 0 Å². The molecule has 0 aliphatic heterocycles. The Morgan fingerprint density at radius 2 is 1.96 bits per heavy atom. The molecule has 0 unspecified atom stereocenters. The van der Waals surface area contributed by atoms with Gasteiger partial charge in [-0.2, -0.15) is 0 Å². The maximum absolute atomic E-state index is 4.71. The normalized spacial score (nSPS) is 11.0. The molecule has 23 heavy (non-hydrogen) atoms. The van der Waals surface area contributed by atoms with Crippen molar-refractivity contribution in [3.63, 3.8) is 0 Å². The molecule has 3 heterocycles. The zero-order valence-corrected chi connectivity index (χ0v) is 14.4. The third-order valence-electron chi connectivity index (χ3n) is 3.31. The summed E-state index contributed by atoms with van der Waals surface area (Å²) in [6.07, 6.45) is 1.80. The Balaban J connectivity index is 1.81. The predicted octanol–water partition coefficient (Wildman–Crippen LogP) is 4.32. The summed E-state index contributed by atoms with van der Waals surface area (Å²) in [6.45, 7) is 3.00. The van der Waals surface area contributed by atoms with E-state index >= 15 is 0 Å². The van der Waals surface area contributed by atoms with Crippen LogP contribution in [0.2, 0.25) is 0 Å².